The molecule has 0 bridgehead atoms. The van der Waals surface area contributed by atoms with E-state index in [0.717, 1.165) is 5.56 Å². The summed E-state index contributed by atoms with van der Waals surface area (Å²) in [5.41, 5.74) is 1.03. The summed E-state index contributed by atoms with van der Waals surface area (Å²) in [5.74, 6) is 0.523. The summed E-state index contributed by atoms with van der Waals surface area (Å²) in [7, 11) is 0. The van der Waals surface area contributed by atoms with Crippen molar-refractivity contribution >= 4 is 36.8 Å². The maximum atomic E-state index is 5.98. The van der Waals surface area contributed by atoms with Crippen molar-refractivity contribution in [2.75, 3.05) is 0 Å². The zero-order valence-electron chi connectivity index (χ0n) is 9.50. The fraction of sp³-hybridized carbons (Fsp3) is 0.0769. The van der Waals surface area contributed by atoms with E-state index in [1.54, 1.807) is 18.2 Å². The standard InChI is InChI=1S/C13H9Cl2O.BrH.Zn/c14-11-7-4-8-12(15)13(11)16-9-10-5-2-1-3-6-10;;/h1-2,4-8H,9H2;1H;/q-1;;+2/p-1. The first-order valence-electron chi connectivity index (χ1n) is 5.06. The summed E-state index contributed by atoms with van der Waals surface area (Å²) in [6, 6.07) is 15.8. The Hall–Kier alpha value is -0.0766. The van der Waals surface area contributed by atoms with Crippen LogP contribution in [0.2, 0.25) is 10.0 Å². The molecule has 18 heavy (non-hydrogen) atoms. The van der Waals surface area contributed by atoms with Crippen molar-refractivity contribution < 1.29 is 21.1 Å². The summed E-state index contributed by atoms with van der Waals surface area (Å²) in [6.45, 7) is 0.431. The van der Waals surface area contributed by atoms with Gasteiger partial charge in [-0.15, -0.1) is 5.56 Å². The van der Waals surface area contributed by atoms with E-state index >= 15 is 0 Å². The molecular formula is C13H9BrCl2OZn. The van der Waals surface area contributed by atoms with Crippen LogP contribution in [0.1, 0.15) is 5.56 Å². The van der Waals surface area contributed by atoms with Crippen LogP contribution in [0.15, 0.2) is 42.5 Å². The number of halogens is 3. The molecule has 0 aliphatic carbocycles. The molecule has 0 heterocycles. The molecule has 0 aliphatic heterocycles. The summed E-state index contributed by atoms with van der Waals surface area (Å²) in [4.78, 5) is 0. The molecule has 0 saturated heterocycles. The maximum absolute atomic E-state index is 5.98. The van der Waals surface area contributed by atoms with Crippen LogP contribution in [0.25, 0.3) is 0 Å². The molecule has 0 saturated carbocycles. The average molecular weight is 397 g/mol. The first kappa shape index (κ1) is 16.0. The number of hydrogen-bond acceptors (Lipinski definition) is 1. The summed E-state index contributed by atoms with van der Waals surface area (Å²) < 4.78 is 5.57. The molecular weight excluding hydrogens is 388 g/mol. The molecule has 0 unspecified atom stereocenters. The van der Waals surface area contributed by atoms with Crippen LogP contribution >= 0.6 is 36.8 Å². The normalized spacial score (nSPS) is 9.39. The third-order valence-electron chi connectivity index (χ3n) is 2.07. The summed E-state index contributed by atoms with van der Waals surface area (Å²) >= 11 is 16.2. The van der Waals surface area contributed by atoms with Gasteiger partial charge in [-0.05, 0) is 12.1 Å². The quantitative estimate of drug-likeness (QED) is 0.510. The molecule has 90 valence electrons. The van der Waals surface area contributed by atoms with Gasteiger partial charge in [-0.1, -0.05) is 29.3 Å². The van der Waals surface area contributed by atoms with E-state index in [9.17, 15) is 0 Å². The number of hydrogen-bond donors (Lipinski definition) is 0. The fourth-order valence-electron chi connectivity index (χ4n) is 1.30. The molecule has 0 amide bonds. The number of benzene rings is 2. The average Bonchev–Trinajstić information content (AvgIpc) is 2.42. The van der Waals surface area contributed by atoms with Crippen molar-refractivity contribution in [3.63, 3.8) is 0 Å². The zero-order valence-corrected chi connectivity index (χ0v) is 15.6. The minimum atomic E-state index is 0.431. The second-order valence-electron chi connectivity index (χ2n) is 3.25. The summed E-state index contributed by atoms with van der Waals surface area (Å²) in [6.07, 6.45) is 0. The Morgan fingerprint density at radius 2 is 1.78 bits per heavy atom. The Morgan fingerprint density at radius 3 is 2.33 bits per heavy atom. The van der Waals surface area contributed by atoms with E-state index < -0.39 is 0 Å². The van der Waals surface area contributed by atoms with E-state index in [-0.39, 0.29) is 0 Å². The minimum absolute atomic E-state index is 0.431. The number of ether oxygens (including phenoxy) is 1. The van der Waals surface area contributed by atoms with Crippen LogP contribution in [0.4, 0.5) is 0 Å². The van der Waals surface area contributed by atoms with Crippen LogP contribution in [0.5, 0.6) is 5.75 Å². The summed E-state index contributed by atoms with van der Waals surface area (Å²) in [5, 5.41) is 1.04. The van der Waals surface area contributed by atoms with Gasteiger partial charge in [0.15, 0.2) is 5.75 Å². The predicted molar refractivity (Wildman–Crippen MR) is 75.0 cm³/mol. The second-order valence-corrected chi connectivity index (χ2v) is 4.07. The van der Waals surface area contributed by atoms with E-state index in [1.807, 2.05) is 24.3 Å². The van der Waals surface area contributed by atoms with Crippen molar-refractivity contribution in [2.24, 2.45) is 0 Å². The third kappa shape index (κ3) is 4.89. The Balaban J connectivity index is 0.000000771. The van der Waals surface area contributed by atoms with E-state index in [1.165, 1.54) is 16.3 Å². The SMILES string of the molecule is Clc1cccc(Cl)c1OCc1c[c-]ccc1.[Zn+][Br]. The van der Waals surface area contributed by atoms with Gasteiger partial charge in [0.05, 0.1) is 16.7 Å². The monoisotopic (exact) mass is 394 g/mol. The van der Waals surface area contributed by atoms with Gasteiger partial charge in [0.25, 0.3) is 0 Å². The molecule has 0 fully saturated rings. The van der Waals surface area contributed by atoms with Crippen molar-refractivity contribution in [3.8, 4) is 5.75 Å². The molecule has 0 radical (unpaired) electrons. The van der Waals surface area contributed by atoms with Gasteiger partial charge in [-0.2, -0.15) is 30.3 Å². The predicted octanol–water partition coefficient (Wildman–Crippen LogP) is 5.22. The Kier molecular flexibility index (Phi) is 7.93. The van der Waals surface area contributed by atoms with Gasteiger partial charge in [0, 0.05) is 0 Å². The van der Waals surface area contributed by atoms with Crippen LogP contribution in [0, 0.1) is 6.07 Å². The molecule has 0 aliphatic rings. The first-order valence-corrected chi connectivity index (χ1v) is 12.8. The van der Waals surface area contributed by atoms with Gasteiger partial charge < -0.3 is 4.74 Å². The van der Waals surface area contributed by atoms with Crippen molar-refractivity contribution in [1.29, 1.82) is 0 Å². The molecule has 2 aromatic carbocycles. The van der Waals surface area contributed by atoms with E-state index in [4.69, 9.17) is 27.9 Å². The Morgan fingerprint density at radius 1 is 1.11 bits per heavy atom. The molecule has 2 aromatic rings. The first-order chi connectivity index (χ1) is 8.77. The Bertz CT molecular complexity index is 459. The molecule has 5 heteroatoms. The fourth-order valence-corrected chi connectivity index (χ4v) is 1.80. The molecule has 0 aromatic heterocycles. The van der Waals surface area contributed by atoms with Crippen LogP contribution < -0.4 is 4.74 Å². The molecule has 0 atom stereocenters. The molecule has 1 nitrogen and oxygen atoms in total. The molecule has 0 N–H and O–H groups in total. The topological polar surface area (TPSA) is 9.23 Å². The third-order valence-corrected chi connectivity index (χ3v) is 2.67. The van der Waals surface area contributed by atoms with Crippen molar-refractivity contribution in [1.82, 2.24) is 0 Å². The van der Waals surface area contributed by atoms with Gasteiger partial charge in [-0.25, -0.2) is 0 Å². The number of rotatable bonds is 3. The zero-order chi connectivity index (χ0) is 13.4. The van der Waals surface area contributed by atoms with Crippen LogP contribution in [0.3, 0.4) is 0 Å². The van der Waals surface area contributed by atoms with Crippen LogP contribution in [-0.4, -0.2) is 0 Å². The second kappa shape index (κ2) is 8.93. The van der Waals surface area contributed by atoms with Crippen LogP contribution in [-0.2, 0) is 22.9 Å². The van der Waals surface area contributed by atoms with Gasteiger partial charge in [0.2, 0.25) is 0 Å². The number of para-hydroxylation sites is 1. The van der Waals surface area contributed by atoms with Crippen molar-refractivity contribution in [2.45, 2.75) is 6.61 Å². The molecule has 0 spiro atoms. The van der Waals surface area contributed by atoms with E-state index in [2.05, 4.69) is 19.7 Å². The Labute approximate surface area is 133 Å². The van der Waals surface area contributed by atoms with Gasteiger partial charge in [0.1, 0.15) is 0 Å². The molecule has 2 rings (SSSR count). The van der Waals surface area contributed by atoms with E-state index in [0.29, 0.717) is 22.4 Å². The van der Waals surface area contributed by atoms with Crippen molar-refractivity contribution in [3.05, 3.63) is 64.1 Å². The van der Waals surface area contributed by atoms with Gasteiger partial charge >= 0.3 is 30.0 Å². The van der Waals surface area contributed by atoms with Gasteiger partial charge in [-0.3, -0.25) is 0 Å².